The molecule has 1 saturated carbocycles. The van der Waals surface area contributed by atoms with Gasteiger partial charge in [-0.3, -0.25) is 4.79 Å². The van der Waals surface area contributed by atoms with Gasteiger partial charge in [0.1, 0.15) is 17.8 Å². The highest BCUT2D eigenvalue weighted by Crippen LogP contribution is 2.45. The quantitative estimate of drug-likeness (QED) is 0.509. The van der Waals surface area contributed by atoms with Crippen molar-refractivity contribution in [3.63, 3.8) is 0 Å². The fourth-order valence-electron chi connectivity index (χ4n) is 4.11. The molecule has 2 heterocycles. The molecule has 158 valence electrons. The molecule has 1 aliphatic carbocycles. The summed E-state index contributed by atoms with van der Waals surface area (Å²) >= 11 is 0. The molecule has 0 radical (unpaired) electrons. The Hall–Kier alpha value is -3.13. The van der Waals surface area contributed by atoms with Gasteiger partial charge in [0, 0.05) is 17.5 Å². The third-order valence-corrected chi connectivity index (χ3v) is 5.95. The molecule has 2 fully saturated rings. The highest BCUT2D eigenvalue weighted by Gasteiger charge is 2.61. The molecule has 8 nitrogen and oxygen atoms in total. The average Bonchev–Trinajstić information content (AvgIpc) is 3.28. The van der Waals surface area contributed by atoms with Crippen molar-refractivity contribution in [3.05, 3.63) is 43.1 Å². The number of rotatable bonds is 7. The lowest BCUT2D eigenvalue weighted by Crippen LogP contribution is -2.90. The van der Waals surface area contributed by atoms with Crippen molar-refractivity contribution in [2.75, 3.05) is 20.8 Å². The topological polar surface area (TPSA) is 103 Å². The Morgan fingerprint density at radius 3 is 2.87 bits per heavy atom. The van der Waals surface area contributed by atoms with Gasteiger partial charge in [-0.2, -0.15) is 0 Å². The van der Waals surface area contributed by atoms with Gasteiger partial charge in [0.05, 0.1) is 20.6 Å². The fourth-order valence-corrected chi connectivity index (χ4v) is 4.11. The summed E-state index contributed by atoms with van der Waals surface area (Å²) in [5, 5.41) is 6.69. The summed E-state index contributed by atoms with van der Waals surface area (Å²) in [4.78, 5) is 29.3. The van der Waals surface area contributed by atoms with E-state index in [-0.39, 0.29) is 24.0 Å². The van der Waals surface area contributed by atoms with Gasteiger partial charge in [0.15, 0.2) is 12.1 Å². The Kier molecular flexibility index (Phi) is 5.34. The van der Waals surface area contributed by atoms with E-state index >= 15 is 0 Å². The predicted molar refractivity (Wildman–Crippen MR) is 109 cm³/mol. The maximum Gasteiger partial charge on any atom is 0.332 e. The van der Waals surface area contributed by atoms with Crippen LogP contribution < -0.4 is 20.1 Å². The molecule has 1 aromatic carbocycles. The van der Waals surface area contributed by atoms with Crippen LogP contribution in [0.1, 0.15) is 12.8 Å². The van der Waals surface area contributed by atoms with Gasteiger partial charge >= 0.3 is 5.97 Å². The van der Waals surface area contributed by atoms with Crippen molar-refractivity contribution in [1.82, 2.24) is 10.3 Å². The first-order valence-corrected chi connectivity index (χ1v) is 9.96. The van der Waals surface area contributed by atoms with E-state index in [9.17, 15) is 9.59 Å². The van der Waals surface area contributed by atoms with Crippen LogP contribution in [0.3, 0.4) is 0 Å². The number of nitrogens with two attached hydrogens (primary N) is 1. The minimum Gasteiger partial charge on any atom is -0.497 e. The molecule has 30 heavy (non-hydrogen) atoms. The van der Waals surface area contributed by atoms with Crippen molar-refractivity contribution < 1.29 is 29.1 Å². The number of hydrogen-bond acceptors (Lipinski definition) is 6. The molecule has 2 aromatic rings. The summed E-state index contributed by atoms with van der Waals surface area (Å²) in [6, 6.07) is 7.28. The summed E-state index contributed by atoms with van der Waals surface area (Å²) in [5.74, 6) is 0.588. The van der Waals surface area contributed by atoms with E-state index in [1.54, 1.807) is 19.4 Å². The zero-order valence-corrected chi connectivity index (χ0v) is 17.1. The van der Waals surface area contributed by atoms with E-state index in [1.807, 2.05) is 29.6 Å². The number of benzene rings is 1. The summed E-state index contributed by atoms with van der Waals surface area (Å²) in [6.45, 7) is 4.36. The van der Waals surface area contributed by atoms with Crippen LogP contribution in [0.25, 0.3) is 10.8 Å². The van der Waals surface area contributed by atoms with Gasteiger partial charge in [-0.15, -0.1) is 6.58 Å². The van der Waals surface area contributed by atoms with Crippen LogP contribution >= 0.6 is 0 Å². The largest absolute Gasteiger partial charge is 0.497 e. The first kappa shape index (κ1) is 20.2. The van der Waals surface area contributed by atoms with Crippen LogP contribution in [0.4, 0.5) is 0 Å². The van der Waals surface area contributed by atoms with Gasteiger partial charge in [-0.25, -0.2) is 9.78 Å². The zero-order chi connectivity index (χ0) is 21.3. The molecule has 4 atom stereocenters. The summed E-state index contributed by atoms with van der Waals surface area (Å²) < 4.78 is 16.3. The molecular formula is C22H26N3O5+. The fraction of sp³-hybridized carbons (Fsp3) is 0.409. The van der Waals surface area contributed by atoms with Gasteiger partial charge in [-0.05, 0) is 36.1 Å². The number of pyridine rings is 1. The highest BCUT2D eigenvalue weighted by atomic mass is 16.5. The third kappa shape index (κ3) is 3.59. The Balaban J connectivity index is 1.41. The number of nitrogens with one attached hydrogen (secondary N) is 1. The molecule has 1 saturated heterocycles. The van der Waals surface area contributed by atoms with Gasteiger partial charge < -0.3 is 24.8 Å². The number of esters is 1. The number of methoxy groups -OCH3 is 2. The molecular weight excluding hydrogens is 386 g/mol. The van der Waals surface area contributed by atoms with E-state index in [0.29, 0.717) is 25.3 Å². The van der Waals surface area contributed by atoms with Crippen molar-refractivity contribution in [2.24, 2.45) is 5.92 Å². The Labute approximate surface area is 174 Å². The van der Waals surface area contributed by atoms with E-state index in [0.717, 1.165) is 16.5 Å². The van der Waals surface area contributed by atoms with Crippen molar-refractivity contribution in [1.29, 1.82) is 0 Å². The van der Waals surface area contributed by atoms with Crippen LogP contribution in [0.5, 0.6) is 11.6 Å². The molecule has 1 aromatic heterocycles. The second-order valence-corrected chi connectivity index (χ2v) is 7.76. The normalized spacial score (nSPS) is 27.3. The number of carbonyl (C=O) groups excluding carboxylic acids is 2. The van der Waals surface area contributed by atoms with Crippen molar-refractivity contribution in [2.45, 2.75) is 30.5 Å². The van der Waals surface area contributed by atoms with Gasteiger partial charge in [-0.1, -0.05) is 6.08 Å². The number of amides is 1. The lowest BCUT2D eigenvalue weighted by atomic mass is 10.1. The van der Waals surface area contributed by atoms with Crippen molar-refractivity contribution in [3.8, 4) is 11.6 Å². The number of hydrogen-bond donors (Lipinski definition) is 2. The minimum atomic E-state index is -0.976. The average molecular weight is 412 g/mol. The lowest BCUT2D eigenvalue weighted by Gasteiger charge is -2.18. The van der Waals surface area contributed by atoms with Gasteiger partial charge in [0.2, 0.25) is 5.88 Å². The molecule has 0 bridgehead atoms. The first-order chi connectivity index (χ1) is 14.5. The third-order valence-electron chi connectivity index (χ3n) is 5.95. The number of nitrogens with zero attached hydrogens (tertiary/aromatic N) is 1. The maximum atomic E-state index is 12.8. The summed E-state index contributed by atoms with van der Waals surface area (Å²) in [6.07, 6.45) is 4.26. The monoisotopic (exact) mass is 412 g/mol. The first-order valence-electron chi connectivity index (χ1n) is 9.96. The van der Waals surface area contributed by atoms with Crippen LogP contribution in [-0.2, 0) is 14.3 Å². The number of ether oxygens (including phenoxy) is 3. The zero-order valence-electron chi connectivity index (χ0n) is 17.1. The lowest BCUT2D eigenvalue weighted by molar-refractivity contribution is -0.659. The van der Waals surface area contributed by atoms with Crippen LogP contribution in [-0.4, -0.2) is 55.3 Å². The molecule has 1 aliphatic heterocycles. The van der Waals surface area contributed by atoms with Crippen LogP contribution in [0.2, 0.25) is 0 Å². The molecule has 0 unspecified atom stereocenters. The van der Waals surface area contributed by atoms with E-state index in [1.165, 1.54) is 7.11 Å². The summed E-state index contributed by atoms with van der Waals surface area (Å²) in [7, 11) is 2.95. The van der Waals surface area contributed by atoms with E-state index < -0.39 is 11.5 Å². The van der Waals surface area contributed by atoms with E-state index in [2.05, 4.69) is 16.9 Å². The smallest absolute Gasteiger partial charge is 0.332 e. The second kappa shape index (κ2) is 7.95. The molecule has 4 rings (SSSR count). The summed E-state index contributed by atoms with van der Waals surface area (Å²) in [5.41, 5.74) is -0.976. The maximum absolute atomic E-state index is 12.8. The van der Waals surface area contributed by atoms with Crippen molar-refractivity contribution >= 4 is 22.6 Å². The number of fused-ring (bicyclic) bond motifs is 1. The Morgan fingerprint density at radius 2 is 2.17 bits per heavy atom. The number of quaternary nitrogens is 1. The predicted octanol–water partition coefficient (Wildman–Crippen LogP) is 0.560. The van der Waals surface area contributed by atoms with Gasteiger partial charge in [0.25, 0.3) is 5.91 Å². The Morgan fingerprint density at radius 1 is 1.33 bits per heavy atom. The SMILES string of the molecule is C=C[C@@H]1C[C@]1(NC(=O)[C@@H]1C[C@@H](Oc2nccc3cc(OC)ccc23)C[NH2+]1)C(=O)OC. The molecule has 1 amide bonds. The number of carbonyl (C=O) groups is 2. The standard InChI is InChI=1S/C22H25N3O5/c1-4-14-11-22(14,21(27)29-3)25-19(26)18-10-16(12-24-18)30-20-17-6-5-15(28-2)9-13(17)7-8-23-20/h4-9,14,16,18,24H,1,10-12H2,2-3H3,(H,25,26)/p+1/t14-,16-,18+,22-/m1/s1. The Bertz CT molecular complexity index is 994. The molecule has 3 N–H and O–H groups in total. The minimum absolute atomic E-state index is 0.0979. The highest BCUT2D eigenvalue weighted by molar-refractivity contribution is 5.93. The van der Waals surface area contributed by atoms with E-state index in [4.69, 9.17) is 14.2 Å². The molecule has 0 spiro atoms. The molecule has 2 aliphatic rings. The van der Waals surface area contributed by atoms with Crippen LogP contribution in [0.15, 0.2) is 43.1 Å². The number of aromatic nitrogens is 1. The van der Waals surface area contributed by atoms with Crippen LogP contribution in [0, 0.1) is 5.92 Å². The molecule has 8 heteroatoms. The second-order valence-electron chi connectivity index (χ2n) is 7.76.